The number of thiazole rings is 1. The van der Waals surface area contributed by atoms with Crippen molar-refractivity contribution >= 4 is 17.2 Å². The molecule has 3 aromatic rings. The van der Waals surface area contributed by atoms with Gasteiger partial charge in [-0.1, -0.05) is 30.3 Å². The average Bonchev–Trinajstić information content (AvgIpc) is 2.97. The van der Waals surface area contributed by atoms with E-state index >= 15 is 0 Å². The molecule has 0 radical (unpaired) electrons. The van der Waals surface area contributed by atoms with E-state index in [0.717, 1.165) is 21.1 Å². The fourth-order valence-corrected chi connectivity index (χ4v) is 3.33. The summed E-state index contributed by atoms with van der Waals surface area (Å²) in [5, 5.41) is 3.73. The van der Waals surface area contributed by atoms with Crippen LogP contribution >= 0.6 is 11.3 Å². The molecule has 0 aliphatic heterocycles. The highest BCUT2D eigenvalue weighted by Crippen LogP contribution is 2.27. The maximum atomic E-state index is 12.2. The van der Waals surface area contributed by atoms with Crippen molar-refractivity contribution in [3.8, 4) is 10.6 Å². The van der Waals surface area contributed by atoms with E-state index in [9.17, 15) is 9.59 Å². The van der Waals surface area contributed by atoms with Crippen molar-refractivity contribution in [3.63, 3.8) is 0 Å². The number of aryl methyl sites for hydroxylation is 2. The van der Waals surface area contributed by atoms with Gasteiger partial charge < -0.3 is 9.88 Å². The first-order chi connectivity index (χ1) is 11.6. The number of rotatable bonds is 4. The Morgan fingerprint density at radius 2 is 1.96 bits per heavy atom. The van der Waals surface area contributed by atoms with Crippen molar-refractivity contribution in [1.82, 2.24) is 14.9 Å². The zero-order chi connectivity index (χ0) is 17.1. The number of carbonyl (C=O) groups is 1. The number of amides is 1. The number of hydrogen-bond acceptors (Lipinski definition) is 4. The van der Waals surface area contributed by atoms with Gasteiger partial charge in [-0.2, -0.15) is 0 Å². The molecule has 3 rings (SSSR count). The van der Waals surface area contributed by atoms with Crippen molar-refractivity contribution in [1.29, 1.82) is 0 Å². The van der Waals surface area contributed by atoms with Crippen molar-refractivity contribution < 1.29 is 4.79 Å². The van der Waals surface area contributed by atoms with E-state index in [1.807, 2.05) is 37.3 Å². The third-order valence-electron chi connectivity index (χ3n) is 3.69. The standard InChI is InChI=1S/C18H17N3O2S/c1-12-15(24-17(20-12)13-7-4-3-5-8-13)11-19-16(22)14-9-6-10-21(2)18(14)23/h3-10H,11H2,1-2H3,(H,19,22). The topological polar surface area (TPSA) is 64.0 Å². The highest BCUT2D eigenvalue weighted by atomic mass is 32.1. The van der Waals surface area contributed by atoms with E-state index in [1.54, 1.807) is 30.6 Å². The number of nitrogens with zero attached hydrogens (tertiary/aromatic N) is 2. The summed E-state index contributed by atoms with van der Waals surface area (Å²) in [6, 6.07) is 13.1. The molecule has 0 saturated carbocycles. The number of carbonyl (C=O) groups excluding carboxylic acids is 1. The molecular weight excluding hydrogens is 322 g/mol. The van der Waals surface area contributed by atoms with Crippen molar-refractivity contribution in [3.05, 3.63) is 75.1 Å². The van der Waals surface area contributed by atoms with E-state index in [4.69, 9.17) is 0 Å². The molecule has 0 saturated heterocycles. The first kappa shape index (κ1) is 16.1. The Bertz CT molecular complexity index is 929. The van der Waals surface area contributed by atoms with Gasteiger partial charge in [0, 0.05) is 23.7 Å². The molecule has 2 aromatic heterocycles. The molecule has 122 valence electrons. The van der Waals surface area contributed by atoms with E-state index in [0.29, 0.717) is 6.54 Å². The molecule has 24 heavy (non-hydrogen) atoms. The van der Waals surface area contributed by atoms with Crippen LogP contribution in [0.3, 0.4) is 0 Å². The number of nitrogens with one attached hydrogen (secondary N) is 1. The zero-order valence-electron chi connectivity index (χ0n) is 13.4. The van der Waals surface area contributed by atoms with Crippen LogP contribution in [-0.2, 0) is 13.6 Å². The Morgan fingerprint density at radius 1 is 1.21 bits per heavy atom. The molecule has 6 heteroatoms. The normalized spacial score (nSPS) is 10.6. The minimum atomic E-state index is -0.370. The summed E-state index contributed by atoms with van der Waals surface area (Å²) in [7, 11) is 1.62. The van der Waals surface area contributed by atoms with Gasteiger partial charge in [-0.05, 0) is 19.1 Å². The van der Waals surface area contributed by atoms with Crippen LogP contribution in [0.2, 0.25) is 0 Å². The summed E-state index contributed by atoms with van der Waals surface area (Å²) in [5.74, 6) is -0.370. The summed E-state index contributed by atoms with van der Waals surface area (Å²) in [4.78, 5) is 29.8. The molecule has 1 aromatic carbocycles. The second kappa shape index (κ2) is 6.80. The third kappa shape index (κ3) is 3.28. The van der Waals surface area contributed by atoms with Crippen LogP contribution in [0.1, 0.15) is 20.9 Å². The fourth-order valence-electron chi connectivity index (χ4n) is 2.32. The number of benzene rings is 1. The van der Waals surface area contributed by atoms with Gasteiger partial charge in [0.1, 0.15) is 10.6 Å². The molecule has 1 N–H and O–H groups in total. The predicted molar refractivity (Wildman–Crippen MR) is 95.1 cm³/mol. The average molecular weight is 339 g/mol. The SMILES string of the molecule is Cc1nc(-c2ccccc2)sc1CNC(=O)c1cccn(C)c1=O. The van der Waals surface area contributed by atoms with Crippen LogP contribution in [0.5, 0.6) is 0 Å². The molecular formula is C18H17N3O2S. The third-order valence-corrected chi connectivity index (χ3v) is 4.90. The summed E-state index contributed by atoms with van der Waals surface area (Å²) in [6.07, 6.45) is 1.62. The van der Waals surface area contributed by atoms with Crippen LogP contribution < -0.4 is 10.9 Å². The van der Waals surface area contributed by atoms with Gasteiger partial charge in [0.25, 0.3) is 11.5 Å². The quantitative estimate of drug-likeness (QED) is 0.795. The van der Waals surface area contributed by atoms with Crippen LogP contribution in [0.15, 0.2) is 53.5 Å². The van der Waals surface area contributed by atoms with Crippen LogP contribution in [0.4, 0.5) is 0 Å². The second-order valence-corrected chi connectivity index (χ2v) is 6.50. The summed E-state index contributed by atoms with van der Waals surface area (Å²) in [5.41, 5.74) is 1.78. The van der Waals surface area contributed by atoms with Crippen molar-refractivity contribution in [2.24, 2.45) is 7.05 Å². The number of pyridine rings is 1. The van der Waals surface area contributed by atoms with Gasteiger partial charge in [0.2, 0.25) is 0 Å². The van der Waals surface area contributed by atoms with Gasteiger partial charge in [-0.3, -0.25) is 9.59 Å². The van der Waals surface area contributed by atoms with Crippen LogP contribution in [-0.4, -0.2) is 15.5 Å². The molecule has 0 aliphatic rings. The van der Waals surface area contributed by atoms with E-state index in [1.165, 1.54) is 10.6 Å². The minimum Gasteiger partial charge on any atom is -0.347 e. The monoisotopic (exact) mass is 339 g/mol. The maximum Gasteiger partial charge on any atom is 0.263 e. The first-order valence-electron chi connectivity index (χ1n) is 7.52. The number of hydrogen-bond donors (Lipinski definition) is 1. The molecule has 0 aliphatic carbocycles. The smallest absolute Gasteiger partial charge is 0.263 e. The molecule has 1 amide bonds. The van der Waals surface area contributed by atoms with Gasteiger partial charge in [0.15, 0.2) is 0 Å². The highest BCUT2D eigenvalue weighted by molar-refractivity contribution is 7.15. The molecule has 0 bridgehead atoms. The Labute approximate surface area is 143 Å². The Hall–Kier alpha value is -2.73. The van der Waals surface area contributed by atoms with E-state index in [2.05, 4.69) is 10.3 Å². The predicted octanol–water partition coefficient (Wildman–Crippen LogP) is 2.75. The van der Waals surface area contributed by atoms with E-state index in [-0.39, 0.29) is 17.0 Å². The lowest BCUT2D eigenvalue weighted by Gasteiger charge is -2.05. The molecule has 0 atom stereocenters. The van der Waals surface area contributed by atoms with Crippen molar-refractivity contribution in [2.45, 2.75) is 13.5 Å². The zero-order valence-corrected chi connectivity index (χ0v) is 14.3. The van der Waals surface area contributed by atoms with Gasteiger partial charge in [-0.25, -0.2) is 4.98 Å². The molecule has 5 nitrogen and oxygen atoms in total. The molecule has 2 heterocycles. The Kier molecular flexibility index (Phi) is 4.57. The van der Waals surface area contributed by atoms with Crippen molar-refractivity contribution in [2.75, 3.05) is 0 Å². The summed E-state index contributed by atoms with van der Waals surface area (Å²) < 4.78 is 1.39. The van der Waals surface area contributed by atoms with Crippen LogP contribution in [0, 0.1) is 6.92 Å². The molecule has 0 fully saturated rings. The van der Waals surface area contributed by atoms with Gasteiger partial charge in [0.05, 0.1) is 12.2 Å². The Balaban J connectivity index is 1.75. The minimum absolute atomic E-state index is 0.144. The second-order valence-electron chi connectivity index (χ2n) is 5.41. The lowest BCUT2D eigenvalue weighted by Crippen LogP contribution is -2.31. The largest absolute Gasteiger partial charge is 0.347 e. The molecule has 0 unspecified atom stereocenters. The van der Waals surface area contributed by atoms with Gasteiger partial charge in [-0.15, -0.1) is 11.3 Å². The first-order valence-corrected chi connectivity index (χ1v) is 8.33. The Morgan fingerprint density at radius 3 is 2.71 bits per heavy atom. The van der Waals surface area contributed by atoms with Crippen LogP contribution in [0.25, 0.3) is 10.6 Å². The maximum absolute atomic E-state index is 12.2. The molecule has 0 spiro atoms. The fraction of sp³-hybridized carbons (Fsp3) is 0.167. The lowest BCUT2D eigenvalue weighted by molar-refractivity contribution is 0.0949. The summed E-state index contributed by atoms with van der Waals surface area (Å²) >= 11 is 1.55. The number of aromatic nitrogens is 2. The van der Waals surface area contributed by atoms with Gasteiger partial charge >= 0.3 is 0 Å². The highest BCUT2D eigenvalue weighted by Gasteiger charge is 2.13. The van der Waals surface area contributed by atoms with E-state index < -0.39 is 0 Å². The lowest BCUT2D eigenvalue weighted by atomic mass is 10.2. The summed E-state index contributed by atoms with van der Waals surface area (Å²) in [6.45, 7) is 2.28.